The number of aromatic nitrogens is 1. The van der Waals surface area contributed by atoms with Gasteiger partial charge in [0, 0.05) is 38.1 Å². The van der Waals surface area contributed by atoms with Crippen molar-refractivity contribution in [3.8, 4) is 0 Å². The van der Waals surface area contributed by atoms with Gasteiger partial charge in [-0.25, -0.2) is 4.98 Å². The molecule has 17 heavy (non-hydrogen) atoms. The number of rotatable bonds is 6. The highest BCUT2D eigenvalue weighted by atomic mass is 32.1. The van der Waals surface area contributed by atoms with Crippen LogP contribution in [0.25, 0.3) is 0 Å². The fourth-order valence-electron chi connectivity index (χ4n) is 2.14. The van der Waals surface area contributed by atoms with Gasteiger partial charge in [-0.15, -0.1) is 11.3 Å². The van der Waals surface area contributed by atoms with Gasteiger partial charge in [-0.3, -0.25) is 0 Å². The SMILES string of the molecule is COCCNCC1CCOC1c1csc(C)n1. The molecule has 1 aliphatic heterocycles. The van der Waals surface area contributed by atoms with Gasteiger partial charge in [0.15, 0.2) is 0 Å². The first-order valence-corrected chi connectivity index (χ1v) is 6.92. The zero-order valence-electron chi connectivity index (χ0n) is 10.4. The van der Waals surface area contributed by atoms with E-state index in [1.54, 1.807) is 18.4 Å². The molecule has 2 heterocycles. The minimum atomic E-state index is 0.176. The molecule has 2 unspecified atom stereocenters. The van der Waals surface area contributed by atoms with E-state index in [-0.39, 0.29) is 6.10 Å². The van der Waals surface area contributed by atoms with Gasteiger partial charge in [0.25, 0.3) is 0 Å². The fourth-order valence-corrected chi connectivity index (χ4v) is 2.78. The van der Waals surface area contributed by atoms with Gasteiger partial charge in [-0.1, -0.05) is 0 Å². The number of nitrogens with one attached hydrogen (secondary N) is 1. The molecule has 96 valence electrons. The van der Waals surface area contributed by atoms with Crippen LogP contribution in [0.2, 0.25) is 0 Å². The Labute approximate surface area is 106 Å². The summed E-state index contributed by atoms with van der Waals surface area (Å²) in [7, 11) is 1.72. The number of thiazole rings is 1. The molecule has 0 aromatic carbocycles. The summed E-state index contributed by atoms with van der Waals surface area (Å²) in [6.45, 7) is 5.52. The third kappa shape index (κ3) is 3.48. The Bertz CT molecular complexity index is 343. The predicted molar refractivity (Wildman–Crippen MR) is 68.4 cm³/mol. The Hall–Kier alpha value is -0.490. The summed E-state index contributed by atoms with van der Waals surface area (Å²) in [6.07, 6.45) is 1.29. The van der Waals surface area contributed by atoms with Crippen molar-refractivity contribution in [2.45, 2.75) is 19.4 Å². The molecule has 0 radical (unpaired) electrons. The fraction of sp³-hybridized carbons (Fsp3) is 0.750. The van der Waals surface area contributed by atoms with E-state index in [1.807, 2.05) is 6.92 Å². The lowest BCUT2D eigenvalue weighted by molar-refractivity contribution is 0.0868. The minimum Gasteiger partial charge on any atom is -0.383 e. The van der Waals surface area contributed by atoms with Crippen LogP contribution in [0.1, 0.15) is 23.2 Å². The van der Waals surface area contributed by atoms with Crippen LogP contribution in [0, 0.1) is 12.8 Å². The molecule has 1 aromatic heterocycles. The number of methoxy groups -OCH3 is 1. The molecular weight excluding hydrogens is 236 g/mol. The van der Waals surface area contributed by atoms with Crippen LogP contribution in [0.4, 0.5) is 0 Å². The van der Waals surface area contributed by atoms with E-state index < -0.39 is 0 Å². The van der Waals surface area contributed by atoms with Crippen molar-refractivity contribution in [3.05, 3.63) is 16.1 Å². The second-order valence-corrected chi connectivity index (χ2v) is 5.39. The predicted octanol–water partition coefficient (Wildman–Crippen LogP) is 1.77. The molecule has 5 heteroatoms. The Kier molecular flexibility index (Phi) is 4.91. The number of aryl methyl sites for hydroxylation is 1. The van der Waals surface area contributed by atoms with E-state index in [9.17, 15) is 0 Å². The molecule has 0 spiro atoms. The van der Waals surface area contributed by atoms with Crippen molar-refractivity contribution in [3.63, 3.8) is 0 Å². The van der Waals surface area contributed by atoms with Crippen LogP contribution in [-0.4, -0.2) is 38.4 Å². The molecule has 2 rings (SSSR count). The van der Waals surface area contributed by atoms with E-state index >= 15 is 0 Å². The van der Waals surface area contributed by atoms with Gasteiger partial charge in [0.1, 0.15) is 6.10 Å². The van der Waals surface area contributed by atoms with Gasteiger partial charge in [0.2, 0.25) is 0 Å². The van der Waals surface area contributed by atoms with Crippen molar-refractivity contribution in [1.29, 1.82) is 0 Å². The smallest absolute Gasteiger partial charge is 0.104 e. The summed E-state index contributed by atoms with van der Waals surface area (Å²) in [5.41, 5.74) is 1.10. The molecule has 1 saturated heterocycles. The first-order chi connectivity index (χ1) is 8.31. The second-order valence-electron chi connectivity index (χ2n) is 4.33. The molecular formula is C12H20N2O2S. The number of hydrogen-bond donors (Lipinski definition) is 1. The van der Waals surface area contributed by atoms with Crippen LogP contribution >= 0.6 is 11.3 Å². The quantitative estimate of drug-likeness (QED) is 0.788. The maximum atomic E-state index is 5.79. The highest BCUT2D eigenvalue weighted by molar-refractivity contribution is 7.09. The number of hydrogen-bond acceptors (Lipinski definition) is 5. The van der Waals surface area contributed by atoms with Crippen molar-refractivity contribution in [2.75, 3.05) is 33.4 Å². The van der Waals surface area contributed by atoms with Gasteiger partial charge in [0.05, 0.1) is 17.3 Å². The Balaban J connectivity index is 1.84. The van der Waals surface area contributed by atoms with Crippen molar-refractivity contribution < 1.29 is 9.47 Å². The van der Waals surface area contributed by atoms with Gasteiger partial charge >= 0.3 is 0 Å². The molecule has 1 aliphatic rings. The van der Waals surface area contributed by atoms with E-state index in [4.69, 9.17) is 9.47 Å². The normalized spacial score (nSPS) is 24.4. The van der Waals surface area contributed by atoms with E-state index in [2.05, 4.69) is 15.7 Å². The third-order valence-corrected chi connectivity index (χ3v) is 3.82. The zero-order valence-corrected chi connectivity index (χ0v) is 11.3. The summed E-state index contributed by atoms with van der Waals surface area (Å²) in [5.74, 6) is 0.536. The lowest BCUT2D eigenvalue weighted by Crippen LogP contribution is -2.27. The topological polar surface area (TPSA) is 43.4 Å². The highest BCUT2D eigenvalue weighted by Gasteiger charge is 2.30. The summed E-state index contributed by atoms with van der Waals surface area (Å²) >= 11 is 1.69. The minimum absolute atomic E-state index is 0.176. The molecule has 0 aliphatic carbocycles. The van der Waals surface area contributed by atoms with Crippen LogP contribution in [0.3, 0.4) is 0 Å². The standard InChI is InChI=1S/C12H20N2O2S/c1-9-14-11(8-17-9)12-10(3-5-16-12)7-13-4-6-15-2/h8,10,12-13H,3-7H2,1-2H3. The van der Waals surface area contributed by atoms with E-state index in [0.717, 1.165) is 43.4 Å². The lowest BCUT2D eigenvalue weighted by Gasteiger charge is -2.17. The molecule has 2 atom stereocenters. The molecule has 1 fully saturated rings. The third-order valence-electron chi connectivity index (χ3n) is 3.03. The molecule has 1 N–H and O–H groups in total. The first kappa shape index (κ1) is 13.0. The Morgan fingerprint density at radius 2 is 2.53 bits per heavy atom. The molecule has 4 nitrogen and oxygen atoms in total. The van der Waals surface area contributed by atoms with Crippen LogP contribution in [0.5, 0.6) is 0 Å². The van der Waals surface area contributed by atoms with Crippen LogP contribution in [0.15, 0.2) is 5.38 Å². The summed E-state index contributed by atoms with van der Waals surface area (Å²) < 4.78 is 10.8. The van der Waals surface area contributed by atoms with E-state index in [0.29, 0.717) is 5.92 Å². The highest BCUT2D eigenvalue weighted by Crippen LogP contribution is 2.34. The van der Waals surface area contributed by atoms with Gasteiger partial charge in [-0.2, -0.15) is 0 Å². The second kappa shape index (κ2) is 6.44. The number of nitrogens with zero attached hydrogens (tertiary/aromatic N) is 1. The van der Waals surface area contributed by atoms with Gasteiger partial charge in [-0.05, 0) is 13.3 Å². The summed E-state index contributed by atoms with van der Waals surface area (Å²) in [4.78, 5) is 4.53. The average molecular weight is 256 g/mol. The van der Waals surface area contributed by atoms with Crippen molar-refractivity contribution in [1.82, 2.24) is 10.3 Å². The lowest BCUT2D eigenvalue weighted by atomic mass is 9.99. The van der Waals surface area contributed by atoms with E-state index in [1.165, 1.54) is 0 Å². The average Bonchev–Trinajstić information content (AvgIpc) is 2.93. The Morgan fingerprint density at radius 1 is 1.65 bits per heavy atom. The molecule has 0 amide bonds. The van der Waals surface area contributed by atoms with Crippen molar-refractivity contribution in [2.24, 2.45) is 5.92 Å². The summed E-state index contributed by atoms with van der Waals surface area (Å²) in [6, 6.07) is 0. The maximum Gasteiger partial charge on any atom is 0.104 e. The van der Waals surface area contributed by atoms with Crippen LogP contribution < -0.4 is 5.32 Å². The Morgan fingerprint density at radius 3 is 3.24 bits per heavy atom. The molecule has 0 bridgehead atoms. The summed E-state index contributed by atoms with van der Waals surface area (Å²) in [5, 5.41) is 6.64. The monoisotopic (exact) mass is 256 g/mol. The van der Waals surface area contributed by atoms with Gasteiger partial charge < -0.3 is 14.8 Å². The first-order valence-electron chi connectivity index (χ1n) is 6.04. The molecule has 0 saturated carbocycles. The van der Waals surface area contributed by atoms with Crippen molar-refractivity contribution >= 4 is 11.3 Å². The number of ether oxygens (including phenoxy) is 2. The molecule has 1 aromatic rings. The maximum absolute atomic E-state index is 5.79. The van der Waals surface area contributed by atoms with Crippen LogP contribution in [-0.2, 0) is 9.47 Å². The largest absolute Gasteiger partial charge is 0.383 e. The zero-order chi connectivity index (χ0) is 12.1.